The minimum atomic E-state index is -0.724. The highest BCUT2D eigenvalue weighted by Gasteiger charge is 2.12. The van der Waals surface area contributed by atoms with Crippen LogP contribution in [-0.2, 0) is 4.79 Å². The number of hydrogen-bond donors (Lipinski definition) is 1. The summed E-state index contributed by atoms with van der Waals surface area (Å²) in [6, 6.07) is 6.32. The van der Waals surface area contributed by atoms with Gasteiger partial charge in [-0.15, -0.1) is 0 Å². The predicted molar refractivity (Wildman–Crippen MR) is 70.6 cm³/mol. The predicted octanol–water partition coefficient (Wildman–Crippen LogP) is 2.85. The fourth-order valence-corrected chi connectivity index (χ4v) is 1.60. The summed E-state index contributed by atoms with van der Waals surface area (Å²) in [4.78, 5) is 12.8. The lowest BCUT2D eigenvalue weighted by atomic mass is 10.1. The molecule has 0 saturated carbocycles. The van der Waals surface area contributed by atoms with Crippen molar-refractivity contribution in [1.82, 2.24) is 0 Å². The Morgan fingerprint density at radius 1 is 1.35 bits per heavy atom. The van der Waals surface area contributed by atoms with E-state index >= 15 is 0 Å². The van der Waals surface area contributed by atoms with Crippen molar-refractivity contribution in [2.45, 2.75) is 27.2 Å². The number of aryl methyl sites for hydroxylation is 2. The van der Waals surface area contributed by atoms with E-state index < -0.39 is 5.97 Å². The van der Waals surface area contributed by atoms with Crippen LogP contribution in [0.5, 0.6) is 0 Å². The van der Waals surface area contributed by atoms with Crippen LogP contribution in [0.1, 0.15) is 24.5 Å². The van der Waals surface area contributed by atoms with Crippen molar-refractivity contribution in [3.8, 4) is 0 Å². The molecule has 0 aromatic heterocycles. The minimum absolute atomic E-state index is 0.288. The zero-order valence-electron chi connectivity index (χ0n) is 11.0. The molecular weight excluding hydrogens is 214 g/mol. The first-order chi connectivity index (χ1) is 7.91. The minimum Gasteiger partial charge on any atom is -0.481 e. The zero-order valence-corrected chi connectivity index (χ0v) is 11.0. The maximum absolute atomic E-state index is 10.7. The molecule has 0 aliphatic rings. The molecule has 1 aromatic rings. The summed E-state index contributed by atoms with van der Waals surface area (Å²) in [6.07, 6.45) is 0.665. The summed E-state index contributed by atoms with van der Waals surface area (Å²) in [5, 5.41) is 8.83. The van der Waals surface area contributed by atoms with Crippen molar-refractivity contribution >= 4 is 11.7 Å². The Labute approximate surface area is 103 Å². The van der Waals surface area contributed by atoms with E-state index in [0.29, 0.717) is 6.42 Å². The standard InChI is InChI=1S/C14H21NO2/c1-10-5-6-13(9-12(10)3)15(4)8-7-11(2)14(16)17/h5-6,9,11H,7-8H2,1-4H3,(H,16,17). The van der Waals surface area contributed by atoms with Gasteiger partial charge < -0.3 is 10.0 Å². The Kier molecular flexibility index (Phi) is 4.55. The van der Waals surface area contributed by atoms with Gasteiger partial charge in [-0.05, 0) is 43.5 Å². The van der Waals surface area contributed by atoms with Crippen molar-refractivity contribution in [3.63, 3.8) is 0 Å². The third kappa shape index (κ3) is 3.77. The third-order valence-corrected chi connectivity index (χ3v) is 3.25. The van der Waals surface area contributed by atoms with Crippen LogP contribution in [-0.4, -0.2) is 24.7 Å². The molecule has 0 aliphatic heterocycles. The second-order valence-electron chi connectivity index (χ2n) is 4.72. The molecule has 1 atom stereocenters. The largest absolute Gasteiger partial charge is 0.481 e. The quantitative estimate of drug-likeness (QED) is 0.853. The van der Waals surface area contributed by atoms with Gasteiger partial charge in [-0.25, -0.2) is 0 Å². The van der Waals surface area contributed by atoms with Crippen molar-refractivity contribution in [2.75, 3.05) is 18.5 Å². The fraction of sp³-hybridized carbons (Fsp3) is 0.500. The molecule has 94 valence electrons. The number of carboxylic acids is 1. The van der Waals surface area contributed by atoms with E-state index in [1.165, 1.54) is 11.1 Å². The summed E-state index contributed by atoms with van der Waals surface area (Å²) in [6.45, 7) is 6.69. The second-order valence-corrected chi connectivity index (χ2v) is 4.72. The summed E-state index contributed by atoms with van der Waals surface area (Å²) in [5.41, 5.74) is 3.69. The normalized spacial score (nSPS) is 12.2. The van der Waals surface area contributed by atoms with Crippen LogP contribution in [0.3, 0.4) is 0 Å². The topological polar surface area (TPSA) is 40.5 Å². The van der Waals surface area contributed by atoms with Gasteiger partial charge in [0.05, 0.1) is 5.92 Å². The number of benzene rings is 1. The number of carboxylic acid groups (broad SMARTS) is 1. The van der Waals surface area contributed by atoms with Crippen molar-refractivity contribution in [1.29, 1.82) is 0 Å². The van der Waals surface area contributed by atoms with Gasteiger partial charge in [-0.2, -0.15) is 0 Å². The Bertz CT molecular complexity index is 401. The van der Waals surface area contributed by atoms with Gasteiger partial charge in [-0.1, -0.05) is 13.0 Å². The van der Waals surface area contributed by atoms with Crippen LogP contribution in [0.25, 0.3) is 0 Å². The van der Waals surface area contributed by atoms with Crippen molar-refractivity contribution in [2.24, 2.45) is 5.92 Å². The number of aliphatic carboxylic acids is 1. The maximum atomic E-state index is 10.7. The van der Waals surface area contributed by atoms with E-state index in [-0.39, 0.29) is 5.92 Å². The summed E-state index contributed by atoms with van der Waals surface area (Å²) in [5.74, 6) is -1.01. The van der Waals surface area contributed by atoms with Gasteiger partial charge >= 0.3 is 5.97 Å². The molecule has 1 N–H and O–H groups in total. The third-order valence-electron chi connectivity index (χ3n) is 3.25. The van der Waals surface area contributed by atoms with Gasteiger partial charge in [0.15, 0.2) is 0 Å². The van der Waals surface area contributed by atoms with E-state index in [1.807, 2.05) is 7.05 Å². The first-order valence-corrected chi connectivity index (χ1v) is 5.93. The van der Waals surface area contributed by atoms with Crippen LogP contribution in [0, 0.1) is 19.8 Å². The Balaban J connectivity index is 2.60. The van der Waals surface area contributed by atoms with Crippen LogP contribution in [0.4, 0.5) is 5.69 Å². The average Bonchev–Trinajstić information content (AvgIpc) is 2.28. The number of hydrogen-bond acceptors (Lipinski definition) is 2. The van der Waals surface area contributed by atoms with Crippen molar-refractivity contribution in [3.05, 3.63) is 29.3 Å². The van der Waals surface area contributed by atoms with Gasteiger partial charge in [0.25, 0.3) is 0 Å². The van der Waals surface area contributed by atoms with Crippen LogP contribution in [0.2, 0.25) is 0 Å². The van der Waals surface area contributed by atoms with E-state index in [0.717, 1.165) is 12.2 Å². The molecular formula is C14H21NO2. The fourth-order valence-electron chi connectivity index (χ4n) is 1.60. The molecule has 0 heterocycles. The lowest BCUT2D eigenvalue weighted by Crippen LogP contribution is -2.23. The van der Waals surface area contributed by atoms with Crippen LogP contribution < -0.4 is 4.90 Å². The Morgan fingerprint density at radius 2 is 2.00 bits per heavy atom. The number of rotatable bonds is 5. The van der Waals surface area contributed by atoms with E-state index in [1.54, 1.807) is 6.92 Å². The van der Waals surface area contributed by atoms with Gasteiger partial charge in [0.2, 0.25) is 0 Å². The molecule has 1 aromatic carbocycles. The molecule has 0 bridgehead atoms. The summed E-state index contributed by atoms with van der Waals surface area (Å²) >= 11 is 0. The lowest BCUT2D eigenvalue weighted by molar-refractivity contribution is -0.141. The molecule has 0 saturated heterocycles. The SMILES string of the molecule is Cc1ccc(N(C)CCC(C)C(=O)O)cc1C. The molecule has 3 nitrogen and oxygen atoms in total. The molecule has 3 heteroatoms. The monoisotopic (exact) mass is 235 g/mol. The molecule has 1 rings (SSSR count). The van der Waals surface area contributed by atoms with E-state index in [4.69, 9.17) is 5.11 Å². The summed E-state index contributed by atoms with van der Waals surface area (Å²) in [7, 11) is 2.00. The highest BCUT2D eigenvalue weighted by molar-refractivity contribution is 5.69. The first-order valence-electron chi connectivity index (χ1n) is 5.93. The number of anilines is 1. The van der Waals surface area contributed by atoms with Gasteiger partial charge in [0.1, 0.15) is 0 Å². The van der Waals surface area contributed by atoms with Crippen molar-refractivity contribution < 1.29 is 9.90 Å². The highest BCUT2D eigenvalue weighted by atomic mass is 16.4. The molecule has 0 radical (unpaired) electrons. The van der Waals surface area contributed by atoms with Crippen LogP contribution in [0.15, 0.2) is 18.2 Å². The Morgan fingerprint density at radius 3 is 2.53 bits per heavy atom. The smallest absolute Gasteiger partial charge is 0.306 e. The second kappa shape index (κ2) is 5.71. The van der Waals surface area contributed by atoms with Crippen LogP contribution >= 0.6 is 0 Å². The molecule has 17 heavy (non-hydrogen) atoms. The molecule has 1 unspecified atom stereocenters. The van der Waals surface area contributed by atoms with Gasteiger partial charge in [-0.3, -0.25) is 4.79 Å². The van der Waals surface area contributed by atoms with E-state index in [2.05, 4.69) is 36.9 Å². The average molecular weight is 235 g/mol. The molecule has 0 aliphatic carbocycles. The van der Waals surface area contributed by atoms with E-state index in [9.17, 15) is 4.79 Å². The summed E-state index contributed by atoms with van der Waals surface area (Å²) < 4.78 is 0. The molecule has 0 amide bonds. The lowest BCUT2D eigenvalue weighted by Gasteiger charge is -2.21. The zero-order chi connectivity index (χ0) is 13.0. The number of nitrogens with zero attached hydrogens (tertiary/aromatic N) is 1. The van der Waals surface area contributed by atoms with Gasteiger partial charge in [0, 0.05) is 19.3 Å². The molecule has 0 fully saturated rings. The first kappa shape index (κ1) is 13.6. The molecule has 0 spiro atoms. The number of carbonyl (C=O) groups is 1. The highest BCUT2D eigenvalue weighted by Crippen LogP contribution is 2.18. The maximum Gasteiger partial charge on any atom is 0.306 e. The Hall–Kier alpha value is -1.51.